The lowest BCUT2D eigenvalue weighted by Gasteiger charge is -2.41. The van der Waals surface area contributed by atoms with E-state index in [4.69, 9.17) is 20.0 Å². The molecule has 0 amide bonds. The van der Waals surface area contributed by atoms with E-state index in [1.807, 2.05) is 0 Å². The van der Waals surface area contributed by atoms with Crippen molar-refractivity contribution >= 4 is 13.8 Å². The molecule has 214 valence electrons. The fraction of sp³-hybridized carbons (Fsp3) is 0.875. The van der Waals surface area contributed by atoms with Gasteiger partial charge >= 0.3 is 13.8 Å². The van der Waals surface area contributed by atoms with Crippen molar-refractivity contribution in [1.29, 1.82) is 0 Å². The molecule has 0 saturated heterocycles. The summed E-state index contributed by atoms with van der Waals surface area (Å²) in [7, 11) is -5.01. The summed E-state index contributed by atoms with van der Waals surface area (Å²) in [5.74, 6) is -0.834. The summed E-state index contributed by atoms with van der Waals surface area (Å²) in [6.45, 7) is 2.27. The van der Waals surface area contributed by atoms with Gasteiger partial charge in [-0.05, 0) is 12.8 Å². The van der Waals surface area contributed by atoms with Gasteiger partial charge in [0.15, 0.2) is 0 Å². The molecule has 4 atom stereocenters. The monoisotopic (exact) mass is 542 g/mol. The van der Waals surface area contributed by atoms with Gasteiger partial charge in [0.25, 0.3) is 0 Å². The fourth-order valence-corrected chi connectivity index (χ4v) is 4.51. The van der Waals surface area contributed by atoms with Crippen LogP contribution >= 0.6 is 7.82 Å². The largest absolute Gasteiger partial charge is 0.478 e. The summed E-state index contributed by atoms with van der Waals surface area (Å²) in [6, 6.07) is 0. The Bertz CT molecular complexity index is 624. The highest BCUT2D eigenvalue weighted by Crippen LogP contribution is 2.41. The van der Waals surface area contributed by atoms with Gasteiger partial charge in [-0.25, -0.2) is 9.36 Å². The third kappa shape index (κ3) is 16.8. The quantitative estimate of drug-likeness (QED) is 0.0761. The van der Waals surface area contributed by atoms with Gasteiger partial charge < -0.3 is 40.4 Å². The molecular formula is C24H47O11P. The Hall–Kier alpha value is -0.880. The van der Waals surface area contributed by atoms with E-state index >= 15 is 0 Å². The molecule has 1 rings (SSSR count). The molecule has 36 heavy (non-hydrogen) atoms. The normalized spacial score (nSPS) is 26.6. The predicted octanol–water partition coefficient (Wildman–Crippen LogP) is 2.39. The number of allylic oxidation sites excluding steroid dienone is 1. The summed E-state index contributed by atoms with van der Waals surface area (Å²) in [6.07, 6.45) is 10.2. The van der Waals surface area contributed by atoms with Crippen LogP contribution in [-0.4, -0.2) is 83.0 Å². The fourth-order valence-electron chi connectivity index (χ4n) is 3.94. The molecular weight excluding hydrogens is 495 g/mol. The molecule has 0 spiro atoms. The molecule has 4 unspecified atom stereocenters. The minimum Gasteiger partial charge on any atom is -0.478 e. The van der Waals surface area contributed by atoms with E-state index in [0.717, 1.165) is 12.8 Å². The zero-order valence-electron chi connectivity index (χ0n) is 21.3. The lowest BCUT2D eigenvalue weighted by atomic mass is 9.85. The highest BCUT2D eigenvalue weighted by molar-refractivity contribution is 7.46. The van der Waals surface area contributed by atoms with Crippen LogP contribution in [-0.2, 0) is 13.9 Å². The number of carboxylic acids is 1. The van der Waals surface area contributed by atoms with Crippen LogP contribution in [0.5, 0.6) is 0 Å². The van der Waals surface area contributed by atoms with E-state index in [0.29, 0.717) is 0 Å². The number of aliphatic hydroxyl groups excluding tert-OH is 5. The first-order valence-corrected chi connectivity index (χ1v) is 14.5. The van der Waals surface area contributed by atoms with Crippen molar-refractivity contribution in [1.82, 2.24) is 0 Å². The zero-order chi connectivity index (χ0) is 27.6. The first-order valence-electron chi connectivity index (χ1n) is 13.0. The molecule has 0 bridgehead atoms. The summed E-state index contributed by atoms with van der Waals surface area (Å²) in [5, 5.41) is 54.6. The first-order chi connectivity index (χ1) is 16.9. The molecule has 0 radical (unpaired) electrons. The van der Waals surface area contributed by atoms with Gasteiger partial charge in [-0.2, -0.15) is 0 Å². The molecule has 0 aromatic rings. The Labute approximate surface area is 214 Å². The number of aliphatic carboxylic acids is 1. The maximum absolute atomic E-state index is 10.5. The van der Waals surface area contributed by atoms with E-state index in [1.54, 1.807) is 6.08 Å². The standard InChI is InChI=1S/C18H34O2.C6H13O9P/c1-2-3-4-5-6-7-8-9-10-11-12-13-14-15-16-17-18(19)20;7-1-2(8)4(10)6(5(11)3(1)9)15-16(12,13)14/h16-17H,2-15H2,1H3,(H,19,20);1-11H,(H2,12,13,14). The number of carbonyl (C=O) groups is 1. The van der Waals surface area contributed by atoms with Crippen molar-refractivity contribution in [2.24, 2.45) is 0 Å². The van der Waals surface area contributed by atoms with Crippen LogP contribution in [0.2, 0.25) is 0 Å². The molecule has 0 aromatic heterocycles. The second-order valence-electron chi connectivity index (χ2n) is 9.29. The van der Waals surface area contributed by atoms with Crippen LogP contribution in [0.4, 0.5) is 0 Å². The first kappa shape index (κ1) is 35.1. The summed E-state index contributed by atoms with van der Waals surface area (Å²) >= 11 is 0. The molecule has 12 heteroatoms. The van der Waals surface area contributed by atoms with Crippen molar-refractivity contribution in [2.45, 2.75) is 133 Å². The van der Waals surface area contributed by atoms with Crippen LogP contribution in [0.1, 0.15) is 96.8 Å². The lowest BCUT2D eigenvalue weighted by molar-refractivity contribution is -0.219. The Morgan fingerprint density at radius 1 is 0.694 bits per heavy atom. The Morgan fingerprint density at radius 3 is 1.42 bits per heavy atom. The van der Waals surface area contributed by atoms with Crippen molar-refractivity contribution in [3.63, 3.8) is 0 Å². The SMILES string of the molecule is CCCCCCCCCCCCCCCC=CC(=O)O.O=P(O)(O)OC1C(O)C(O)C(O)C(O)C1O. The average Bonchev–Trinajstić information content (AvgIpc) is 2.81. The van der Waals surface area contributed by atoms with Gasteiger partial charge in [-0.1, -0.05) is 90.0 Å². The van der Waals surface area contributed by atoms with Crippen LogP contribution < -0.4 is 0 Å². The highest BCUT2D eigenvalue weighted by atomic mass is 31.2. The topological polar surface area (TPSA) is 205 Å². The Kier molecular flexibility index (Phi) is 19.6. The van der Waals surface area contributed by atoms with Gasteiger partial charge in [-0.3, -0.25) is 4.52 Å². The van der Waals surface area contributed by atoms with E-state index in [2.05, 4.69) is 11.4 Å². The van der Waals surface area contributed by atoms with Crippen LogP contribution in [0.3, 0.4) is 0 Å². The van der Waals surface area contributed by atoms with Crippen LogP contribution in [0.15, 0.2) is 12.2 Å². The molecule has 0 aliphatic heterocycles. The second kappa shape index (κ2) is 20.1. The van der Waals surface area contributed by atoms with Crippen molar-refractivity contribution in [3.05, 3.63) is 12.2 Å². The molecule has 1 aliphatic carbocycles. The van der Waals surface area contributed by atoms with Crippen molar-refractivity contribution in [2.75, 3.05) is 0 Å². The minimum absolute atomic E-state index is 0.834. The lowest BCUT2D eigenvalue weighted by Crippen LogP contribution is -2.64. The maximum Gasteiger partial charge on any atom is 0.470 e. The average molecular weight is 543 g/mol. The van der Waals surface area contributed by atoms with Crippen LogP contribution in [0, 0.1) is 0 Å². The molecule has 0 aromatic carbocycles. The van der Waals surface area contributed by atoms with E-state index < -0.39 is 50.4 Å². The number of aliphatic hydroxyl groups is 5. The maximum atomic E-state index is 10.5. The molecule has 1 fully saturated rings. The zero-order valence-corrected chi connectivity index (χ0v) is 22.2. The second-order valence-corrected chi connectivity index (χ2v) is 10.5. The number of hydrogen-bond acceptors (Lipinski definition) is 8. The van der Waals surface area contributed by atoms with Gasteiger partial charge in [0.05, 0.1) is 0 Å². The van der Waals surface area contributed by atoms with Gasteiger partial charge in [0, 0.05) is 6.08 Å². The van der Waals surface area contributed by atoms with Gasteiger partial charge in [0.2, 0.25) is 0 Å². The Balaban J connectivity index is 0.000000696. The third-order valence-corrected chi connectivity index (χ3v) is 6.58. The van der Waals surface area contributed by atoms with Gasteiger partial charge in [-0.15, -0.1) is 0 Å². The van der Waals surface area contributed by atoms with Crippen molar-refractivity contribution < 1.29 is 54.3 Å². The number of hydrogen-bond donors (Lipinski definition) is 8. The molecule has 0 heterocycles. The number of unbranched alkanes of at least 4 members (excludes halogenated alkanes) is 13. The van der Waals surface area contributed by atoms with E-state index in [1.165, 1.54) is 83.1 Å². The molecule has 1 saturated carbocycles. The summed E-state index contributed by atoms with van der Waals surface area (Å²) in [5.41, 5.74) is 0. The number of phosphoric ester groups is 1. The van der Waals surface area contributed by atoms with Crippen LogP contribution in [0.25, 0.3) is 0 Å². The smallest absolute Gasteiger partial charge is 0.470 e. The van der Waals surface area contributed by atoms with Crippen molar-refractivity contribution in [3.8, 4) is 0 Å². The molecule has 1 aliphatic rings. The summed E-state index contributed by atoms with van der Waals surface area (Å²) < 4.78 is 14.5. The number of carboxylic acid groups (broad SMARTS) is 1. The molecule has 11 nitrogen and oxygen atoms in total. The third-order valence-electron chi connectivity index (χ3n) is 6.07. The number of rotatable bonds is 17. The Morgan fingerprint density at radius 2 is 1.06 bits per heavy atom. The highest BCUT2D eigenvalue weighted by Gasteiger charge is 2.50. The molecule has 8 N–H and O–H groups in total. The van der Waals surface area contributed by atoms with E-state index in [-0.39, 0.29) is 0 Å². The number of phosphoric acid groups is 1. The predicted molar refractivity (Wildman–Crippen MR) is 134 cm³/mol. The van der Waals surface area contributed by atoms with E-state index in [9.17, 15) is 29.8 Å². The summed E-state index contributed by atoms with van der Waals surface area (Å²) in [4.78, 5) is 27.2. The minimum atomic E-state index is -5.01. The van der Waals surface area contributed by atoms with Gasteiger partial charge in [0.1, 0.15) is 36.6 Å².